The predicted octanol–water partition coefficient (Wildman–Crippen LogP) is 3.51. The molecule has 0 saturated heterocycles. The third kappa shape index (κ3) is 7.60. The van der Waals surface area contributed by atoms with Crippen molar-refractivity contribution in [2.75, 3.05) is 44.0 Å². The Kier molecular flexibility index (Phi) is 9.62. The van der Waals surface area contributed by atoms with Crippen LogP contribution in [0.1, 0.15) is 44.1 Å². The number of carbonyl (C=O) groups is 2. The number of anilines is 2. The van der Waals surface area contributed by atoms with Crippen LogP contribution in [0.3, 0.4) is 0 Å². The zero-order valence-corrected chi connectivity index (χ0v) is 21.4. The van der Waals surface area contributed by atoms with Crippen molar-refractivity contribution in [3.63, 3.8) is 0 Å². The van der Waals surface area contributed by atoms with Crippen LogP contribution in [0, 0.1) is 5.92 Å². The number of hydrogen-bond donors (Lipinski definition) is 4. The molecule has 9 nitrogen and oxygen atoms in total. The normalized spacial score (nSPS) is 16.3. The average molecular weight is 512 g/mol. The third-order valence-corrected chi connectivity index (χ3v) is 6.78. The molecule has 1 atom stereocenters. The van der Waals surface area contributed by atoms with Crippen molar-refractivity contribution in [1.29, 1.82) is 0 Å². The molecule has 37 heavy (non-hydrogen) atoms. The summed E-state index contributed by atoms with van der Waals surface area (Å²) < 4.78 is 16.9. The molecule has 1 aliphatic heterocycles. The minimum atomic E-state index is -0.767. The molecule has 4 rings (SSSR count). The van der Waals surface area contributed by atoms with Gasteiger partial charge in [-0.2, -0.15) is 0 Å². The fourth-order valence-electron chi connectivity index (χ4n) is 4.73. The van der Waals surface area contributed by atoms with E-state index in [-0.39, 0.29) is 24.3 Å². The highest BCUT2D eigenvalue weighted by Crippen LogP contribution is 2.38. The van der Waals surface area contributed by atoms with Crippen molar-refractivity contribution in [1.82, 2.24) is 5.32 Å². The van der Waals surface area contributed by atoms with Gasteiger partial charge in [0.1, 0.15) is 36.6 Å². The quantitative estimate of drug-likeness (QED) is 0.322. The van der Waals surface area contributed by atoms with Gasteiger partial charge in [0.2, 0.25) is 11.8 Å². The summed E-state index contributed by atoms with van der Waals surface area (Å²) in [5.41, 5.74) is 2.11. The maximum Gasteiger partial charge on any atom is 0.227 e. The molecule has 1 unspecified atom stereocenters. The fraction of sp³-hybridized carbons (Fsp3) is 0.500. The van der Waals surface area contributed by atoms with E-state index in [4.69, 9.17) is 14.2 Å². The van der Waals surface area contributed by atoms with Gasteiger partial charge in [0.25, 0.3) is 0 Å². The second-order valence-corrected chi connectivity index (χ2v) is 9.53. The van der Waals surface area contributed by atoms with E-state index in [1.807, 2.05) is 24.3 Å². The third-order valence-electron chi connectivity index (χ3n) is 6.78. The first-order valence-corrected chi connectivity index (χ1v) is 13.1. The van der Waals surface area contributed by atoms with Crippen molar-refractivity contribution in [3.05, 3.63) is 42.0 Å². The second kappa shape index (κ2) is 13.3. The first-order valence-electron chi connectivity index (χ1n) is 13.1. The molecule has 1 fully saturated rings. The number of carbonyl (C=O) groups excluding carboxylic acids is 2. The van der Waals surface area contributed by atoms with E-state index in [1.54, 1.807) is 19.2 Å². The van der Waals surface area contributed by atoms with Gasteiger partial charge < -0.3 is 35.3 Å². The molecule has 2 aromatic carbocycles. The van der Waals surface area contributed by atoms with Gasteiger partial charge in [-0.1, -0.05) is 19.3 Å². The van der Waals surface area contributed by atoms with Crippen LogP contribution in [0.4, 0.5) is 11.4 Å². The van der Waals surface area contributed by atoms with E-state index < -0.39 is 6.10 Å². The number of methoxy groups -OCH3 is 1. The molecular weight excluding hydrogens is 474 g/mol. The number of amides is 2. The van der Waals surface area contributed by atoms with Gasteiger partial charge in [0.05, 0.1) is 12.8 Å². The lowest BCUT2D eigenvalue weighted by Gasteiger charge is -2.25. The Morgan fingerprint density at radius 2 is 1.81 bits per heavy atom. The lowest BCUT2D eigenvalue weighted by molar-refractivity contribution is -0.120. The highest BCUT2D eigenvalue weighted by molar-refractivity contribution is 5.98. The van der Waals surface area contributed by atoms with E-state index in [9.17, 15) is 14.7 Å². The van der Waals surface area contributed by atoms with Crippen LogP contribution in [0.25, 0.3) is 0 Å². The summed E-state index contributed by atoms with van der Waals surface area (Å²) in [6.45, 7) is 1.37. The lowest BCUT2D eigenvalue weighted by atomic mass is 9.88. The summed E-state index contributed by atoms with van der Waals surface area (Å²) in [6.07, 6.45) is 5.21. The van der Waals surface area contributed by atoms with E-state index in [0.29, 0.717) is 49.7 Å². The molecule has 0 bridgehead atoms. The van der Waals surface area contributed by atoms with Gasteiger partial charge >= 0.3 is 0 Å². The van der Waals surface area contributed by atoms with Crippen molar-refractivity contribution in [2.24, 2.45) is 5.92 Å². The molecule has 0 radical (unpaired) electrons. The van der Waals surface area contributed by atoms with Crippen LogP contribution in [0.15, 0.2) is 36.4 Å². The molecule has 2 amide bonds. The number of rotatable bonds is 12. The lowest BCUT2D eigenvalue weighted by Crippen LogP contribution is -2.34. The summed E-state index contributed by atoms with van der Waals surface area (Å²) in [4.78, 5) is 24.8. The van der Waals surface area contributed by atoms with Gasteiger partial charge in [0, 0.05) is 36.7 Å². The first-order chi connectivity index (χ1) is 18.0. The van der Waals surface area contributed by atoms with Crippen LogP contribution < -0.4 is 30.2 Å². The maximum atomic E-state index is 12.9. The van der Waals surface area contributed by atoms with E-state index in [1.165, 1.54) is 6.42 Å². The molecule has 2 aliphatic rings. The molecule has 4 N–H and O–H groups in total. The summed E-state index contributed by atoms with van der Waals surface area (Å²) in [5.74, 6) is 2.00. The standard InChI is InChI=1S/C28H37N3O6/c1-35-21-7-9-22(10-8-21)36-16-15-29-17-20(32)18-37-27-23-11-14-26(33)30-24(23)12-13-25(27)31-28(34)19-5-3-2-4-6-19/h7-10,12-13,19-20,29,32H,2-6,11,14-18H2,1H3,(H,30,33)(H,31,34). The highest BCUT2D eigenvalue weighted by Gasteiger charge is 2.26. The molecule has 2 aromatic rings. The van der Waals surface area contributed by atoms with Crippen LogP contribution >= 0.6 is 0 Å². The minimum absolute atomic E-state index is 0.00317. The minimum Gasteiger partial charge on any atom is -0.497 e. The Bertz CT molecular complexity index is 1050. The van der Waals surface area contributed by atoms with Gasteiger partial charge in [-0.3, -0.25) is 9.59 Å². The molecule has 200 valence electrons. The summed E-state index contributed by atoms with van der Waals surface area (Å²) in [6, 6.07) is 10.9. The molecular formula is C28H37N3O6. The van der Waals surface area contributed by atoms with Crippen molar-refractivity contribution in [3.8, 4) is 17.2 Å². The number of nitrogens with one attached hydrogen (secondary N) is 3. The molecule has 1 aliphatic carbocycles. The van der Waals surface area contributed by atoms with Gasteiger partial charge in [-0.15, -0.1) is 0 Å². The van der Waals surface area contributed by atoms with Gasteiger partial charge in [-0.25, -0.2) is 0 Å². The van der Waals surface area contributed by atoms with E-state index in [2.05, 4.69) is 16.0 Å². The summed E-state index contributed by atoms with van der Waals surface area (Å²) in [5, 5.41) is 19.6. The molecule has 9 heteroatoms. The smallest absolute Gasteiger partial charge is 0.227 e. The number of aliphatic hydroxyl groups excluding tert-OH is 1. The maximum absolute atomic E-state index is 12.9. The van der Waals surface area contributed by atoms with Crippen LogP contribution in [0.2, 0.25) is 0 Å². The zero-order valence-electron chi connectivity index (χ0n) is 21.4. The number of hydrogen-bond acceptors (Lipinski definition) is 7. The predicted molar refractivity (Wildman–Crippen MR) is 141 cm³/mol. The van der Waals surface area contributed by atoms with Gasteiger partial charge in [0.15, 0.2) is 0 Å². The SMILES string of the molecule is COc1ccc(OCCNCC(O)COc2c(NC(=O)C3CCCCC3)ccc3c2CCC(=O)N3)cc1. The largest absolute Gasteiger partial charge is 0.497 e. The number of ether oxygens (including phenoxy) is 3. The number of benzene rings is 2. The fourth-order valence-corrected chi connectivity index (χ4v) is 4.73. The topological polar surface area (TPSA) is 118 Å². The Morgan fingerprint density at radius 3 is 2.57 bits per heavy atom. The number of aliphatic hydroxyl groups is 1. The summed E-state index contributed by atoms with van der Waals surface area (Å²) in [7, 11) is 1.62. The Balaban J connectivity index is 1.29. The van der Waals surface area contributed by atoms with Crippen LogP contribution in [-0.2, 0) is 16.0 Å². The first kappa shape index (κ1) is 26.8. The van der Waals surface area contributed by atoms with Crippen LogP contribution in [0.5, 0.6) is 17.2 Å². The van der Waals surface area contributed by atoms with Crippen LogP contribution in [-0.4, -0.2) is 56.4 Å². The molecule has 0 spiro atoms. The highest BCUT2D eigenvalue weighted by atomic mass is 16.5. The zero-order chi connectivity index (χ0) is 26.0. The van der Waals surface area contributed by atoms with E-state index in [0.717, 1.165) is 42.7 Å². The molecule has 1 saturated carbocycles. The molecule has 0 aromatic heterocycles. The Morgan fingerprint density at radius 1 is 1.05 bits per heavy atom. The number of fused-ring (bicyclic) bond motifs is 1. The monoisotopic (exact) mass is 511 g/mol. The molecule has 1 heterocycles. The van der Waals surface area contributed by atoms with Crippen molar-refractivity contribution in [2.45, 2.75) is 51.0 Å². The van der Waals surface area contributed by atoms with Gasteiger partial charge in [-0.05, 0) is 55.7 Å². The summed E-state index contributed by atoms with van der Waals surface area (Å²) >= 11 is 0. The average Bonchev–Trinajstić information content (AvgIpc) is 2.93. The van der Waals surface area contributed by atoms with Crippen molar-refractivity contribution < 1.29 is 28.9 Å². The van der Waals surface area contributed by atoms with E-state index >= 15 is 0 Å². The van der Waals surface area contributed by atoms with Crippen molar-refractivity contribution >= 4 is 23.2 Å². The Labute approximate surface area is 217 Å². The Hall–Kier alpha value is -3.30. The second-order valence-electron chi connectivity index (χ2n) is 9.53.